The minimum absolute atomic E-state index is 0.382. The van der Waals surface area contributed by atoms with Gasteiger partial charge in [0.05, 0.1) is 37.3 Å². The second kappa shape index (κ2) is 14.8. The van der Waals surface area contributed by atoms with Gasteiger partial charge in [0, 0.05) is 6.08 Å². The summed E-state index contributed by atoms with van der Waals surface area (Å²) in [7, 11) is 1.57. The van der Waals surface area contributed by atoms with Gasteiger partial charge in [0.2, 0.25) is 0 Å². The van der Waals surface area contributed by atoms with E-state index in [4.69, 9.17) is 18.9 Å². The molecule has 0 unspecified atom stereocenters. The van der Waals surface area contributed by atoms with Gasteiger partial charge >= 0.3 is 11.9 Å². The molecular formula is C29H30N2O6. The quantitative estimate of drug-likeness (QED) is 0.0774. The molecule has 3 aromatic carbocycles. The molecule has 0 amide bonds. The first-order valence-corrected chi connectivity index (χ1v) is 12.0. The predicted octanol–water partition coefficient (Wildman–Crippen LogP) is 7.00. The van der Waals surface area contributed by atoms with Crippen molar-refractivity contribution in [1.29, 1.82) is 0 Å². The Morgan fingerprint density at radius 2 is 1.27 bits per heavy atom. The van der Waals surface area contributed by atoms with Crippen molar-refractivity contribution in [2.75, 3.05) is 20.3 Å². The van der Waals surface area contributed by atoms with Crippen LogP contribution < -0.4 is 14.2 Å². The van der Waals surface area contributed by atoms with Crippen molar-refractivity contribution in [3.05, 3.63) is 91.0 Å². The fourth-order valence-corrected chi connectivity index (χ4v) is 3.18. The Bertz CT molecular complexity index is 1170. The Kier molecular flexibility index (Phi) is 10.9. The van der Waals surface area contributed by atoms with Crippen LogP contribution in [-0.4, -0.2) is 32.3 Å². The van der Waals surface area contributed by atoms with E-state index in [0.717, 1.165) is 31.4 Å². The highest BCUT2D eigenvalue weighted by atomic mass is 16.5. The number of hydrogen-bond acceptors (Lipinski definition) is 8. The van der Waals surface area contributed by atoms with Crippen molar-refractivity contribution < 1.29 is 28.5 Å². The lowest BCUT2D eigenvalue weighted by molar-refractivity contribution is -0.137. The summed E-state index contributed by atoms with van der Waals surface area (Å²) in [4.78, 5) is 23.3. The summed E-state index contributed by atoms with van der Waals surface area (Å²) < 4.78 is 21.2. The van der Waals surface area contributed by atoms with E-state index in [1.54, 1.807) is 55.6 Å². The molecule has 0 fully saturated rings. The molecular weight excluding hydrogens is 472 g/mol. The lowest BCUT2D eigenvalue weighted by Gasteiger charge is -2.06. The van der Waals surface area contributed by atoms with E-state index in [1.807, 2.05) is 24.3 Å². The highest BCUT2D eigenvalue weighted by molar-refractivity contribution is 5.91. The van der Waals surface area contributed by atoms with Gasteiger partial charge in [0.1, 0.15) is 17.2 Å². The van der Waals surface area contributed by atoms with E-state index < -0.39 is 5.97 Å². The standard InChI is InChI=1S/C29H30N2O6/c1-3-28(32)36-21-7-5-4-6-20-35-26-14-12-24(13-15-26)31-30-23-10-8-22(9-11-23)29(33)37-27-18-16-25(34-2)17-19-27/h3,8-19H,1,4-7,20-21H2,2H3. The number of azo groups is 1. The van der Waals surface area contributed by atoms with Crippen molar-refractivity contribution >= 4 is 23.3 Å². The van der Waals surface area contributed by atoms with Crippen LogP contribution in [0.4, 0.5) is 11.4 Å². The fraction of sp³-hybridized carbons (Fsp3) is 0.241. The zero-order valence-corrected chi connectivity index (χ0v) is 20.8. The van der Waals surface area contributed by atoms with Gasteiger partial charge in [-0.25, -0.2) is 9.59 Å². The second-order valence-corrected chi connectivity index (χ2v) is 7.94. The largest absolute Gasteiger partial charge is 0.497 e. The highest BCUT2D eigenvalue weighted by Crippen LogP contribution is 2.23. The number of esters is 2. The zero-order chi connectivity index (χ0) is 26.3. The number of rotatable bonds is 14. The molecule has 8 nitrogen and oxygen atoms in total. The van der Waals surface area contributed by atoms with Crippen LogP contribution in [0.3, 0.4) is 0 Å². The van der Waals surface area contributed by atoms with E-state index in [0.29, 0.717) is 41.7 Å². The van der Waals surface area contributed by atoms with Crippen LogP contribution in [-0.2, 0) is 9.53 Å². The third kappa shape index (κ3) is 9.60. The summed E-state index contributed by atoms with van der Waals surface area (Å²) in [6, 6.07) is 20.8. The molecule has 0 saturated carbocycles. The van der Waals surface area contributed by atoms with Gasteiger partial charge in [-0.05, 0) is 98.5 Å². The molecule has 0 aliphatic heterocycles. The van der Waals surface area contributed by atoms with Gasteiger partial charge in [0.25, 0.3) is 0 Å². The minimum atomic E-state index is -0.460. The average molecular weight is 503 g/mol. The lowest BCUT2D eigenvalue weighted by Crippen LogP contribution is -2.07. The Morgan fingerprint density at radius 3 is 1.86 bits per heavy atom. The van der Waals surface area contributed by atoms with Crippen molar-refractivity contribution in [2.45, 2.75) is 25.7 Å². The average Bonchev–Trinajstić information content (AvgIpc) is 2.94. The van der Waals surface area contributed by atoms with Crippen LogP contribution in [0.5, 0.6) is 17.2 Å². The normalized spacial score (nSPS) is 10.6. The smallest absolute Gasteiger partial charge is 0.343 e. The number of methoxy groups -OCH3 is 1. The summed E-state index contributed by atoms with van der Waals surface area (Å²) in [5, 5.41) is 8.45. The number of unbranched alkanes of at least 4 members (excludes halogenated alkanes) is 3. The number of ether oxygens (including phenoxy) is 4. The van der Waals surface area contributed by atoms with Crippen molar-refractivity contribution in [3.8, 4) is 17.2 Å². The molecule has 0 aromatic heterocycles. The van der Waals surface area contributed by atoms with Crippen molar-refractivity contribution in [1.82, 2.24) is 0 Å². The molecule has 8 heteroatoms. The third-order valence-electron chi connectivity index (χ3n) is 5.21. The Labute approximate surface area is 216 Å². The predicted molar refractivity (Wildman–Crippen MR) is 140 cm³/mol. The second-order valence-electron chi connectivity index (χ2n) is 7.94. The van der Waals surface area contributed by atoms with Crippen LogP contribution in [0.15, 0.2) is 95.7 Å². The molecule has 0 saturated heterocycles. The first-order chi connectivity index (χ1) is 18.1. The first-order valence-electron chi connectivity index (χ1n) is 12.0. The molecule has 0 heterocycles. The van der Waals surface area contributed by atoms with Crippen molar-refractivity contribution in [3.63, 3.8) is 0 Å². The molecule has 192 valence electrons. The molecule has 0 bridgehead atoms. The summed E-state index contributed by atoms with van der Waals surface area (Å²) >= 11 is 0. The van der Waals surface area contributed by atoms with E-state index in [9.17, 15) is 9.59 Å². The van der Waals surface area contributed by atoms with Crippen LogP contribution >= 0.6 is 0 Å². The molecule has 0 radical (unpaired) electrons. The number of hydrogen-bond donors (Lipinski definition) is 0. The van der Waals surface area contributed by atoms with E-state index >= 15 is 0 Å². The number of nitrogens with zero attached hydrogens (tertiary/aromatic N) is 2. The molecule has 0 spiro atoms. The first kappa shape index (κ1) is 27.1. The Hall–Kier alpha value is -4.46. The maximum absolute atomic E-state index is 12.3. The summed E-state index contributed by atoms with van der Waals surface area (Å²) in [6.45, 7) is 4.39. The fourth-order valence-electron chi connectivity index (χ4n) is 3.18. The molecule has 3 aromatic rings. The van der Waals surface area contributed by atoms with Crippen LogP contribution in [0.1, 0.15) is 36.0 Å². The van der Waals surface area contributed by atoms with E-state index in [1.165, 1.54) is 6.08 Å². The monoisotopic (exact) mass is 502 g/mol. The summed E-state index contributed by atoms with van der Waals surface area (Å²) in [6.07, 6.45) is 4.88. The zero-order valence-electron chi connectivity index (χ0n) is 20.8. The molecule has 0 atom stereocenters. The summed E-state index contributed by atoms with van der Waals surface area (Å²) in [5.41, 5.74) is 1.71. The molecule has 37 heavy (non-hydrogen) atoms. The maximum Gasteiger partial charge on any atom is 0.343 e. The van der Waals surface area contributed by atoms with Gasteiger partial charge in [-0.2, -0.15) is 10.2 Å². The van der Waals surface area contributed by atoms with E-state index in [2.05, 4.69) is 16.8 Å². The van der Waals surface area contributed by atoms with Gasteiger partial charge in [0.15, 0.2) is 0 Å². The topological polar surface area (TPSA) is 95.8 Å². The highest BCUT2D eigenvalue weighted by Gasteiger charge is 2.08. The molecule has 0 N–H and O–H groups in total. The van der Waals surface area contributed by atoms with E-state index in [-0.39, 0.29) is 5.97 Å². The van der Waals surface area contributed by atoms with Gasteiger partial charge < -0.3 is 18.9 Å². The van der Waals surface area contributed by atoms with Gasteiger partial charge in [-0.15, -0.1) is 0 Å². The van der Waals surface area contributed by atoms with Crippen LogP contribution in [0.2, 0.25) is 0 Å². The number of benzene rings is 3. The summed E-state index contributed by atoms with van der Waals surface area (Å²) in [5.74, 6) is 1.04. The molecule has 3 rings (SSSR count). The Balaban J connectivity index is 1.38. The van der Waals surface area contributed by atoms with Gasteiger partial charge in [-0.1, -0.05) is 6.58 Å². The third-order valence-corrected chi connectivity index (χ3v) is 5.21. The van der Waals surface area contributed by atoms with Crippen LogP contribution in [0.25, 0.3) is 0 Å². The Morgan fingerprint density at radius 1 is 0.730 bits per heavy atom. The SMILES string of the molecule is C=CC(=O)OCCCCCCOc1ccc(N=Nc2ccc(C(=O)Oc3ccc(OC)cc3)cc2)cc1. The maximum atomic E-state index is 12.3. The minimum Gasteiger partial charge on any atom is -0.497 e. The lowest BCUT2D eigenvalue weighted by atomic mass is 10.2. The molecule has 0 aliphatic rings. The number of carbonyl (C=O) groups is 2. The van der Waals surface area contributed by atoms with Gasteiger partial charge in [-0.3, -0.25) is 0 Å². The van der Waals surface area contributed by atoms with Crippen LogP contribution in [0, 0.1) is 0 Å². The van der Waals surface area contributed by atoms with Crippen molar-refractivity contribution in [2.24, 2.45) is 10.2 Å². The number of carbonyl (C=O) groups excluding carboxylic acids is 2. The molecule has 0 aliphatic carbocycles.